The second-order valence-electron chi connectivity index (χ2n) is 6.05. The van der Waals surface area contributed by atoms with Gasteiger partial charge < -0.3 is 14.3 Å². The van der Waals surface area contributed by atoms with Crippen molar-refractivity contribution in [2.75, 3.05) is 21.1 Å². The average Bonchev–Trinajstić information content (AvgIpc) is 2.40. The van der Waals surface area contributed by atoms with E-state index in [0.29, 0.717) is 11.4 Å². The molecule has 2 aromatic rings. The highest BCUT2D eigenvalue weighted by Crippen LogP contribution is 2.17. The average molecular weight is 302 g/mol. The van der Waals surface area contributed by atoms with Crippen molar-refractivity contribution in [3.63, 3.8) is 0 Å². The molecule has 0 fully saturated rings. The number of benzene rings is 2. The first-order valence-electron chi connectivity index (χ1n) is 6.90. The van der Waals surface area contributed by atoms with Crippen molar-refractivity contribution >= 4 is 11.8 Å². The van der Waals surface area contributed by atoms with Gasteiger partial charge in [-0.1, -0.05) is 12.1 Å². The second kappa shape index (κ2) is 6.58. The summed E-state index contributed by atoms with van der Waals surface area (Å²) >= 11 is 0. The third-order valence-corrected chi connectivity index (χ3v) is 2.81. The predicted molar refractivity (Wildman–Crippen MR) is 82.3 cm³/mol. The molecule has 22 heavy (non-hydrogen) atoms. The third kappa shape index (κ3) is 5.18. The van der Waals surface area contributed by atoms with E-state index in [9.17, 15) is 9.50 Å². The van der Waals surface area contributed by atoms with Crippen molar-refractivity contribution < 1.29 is 18.7 Å². The lowest BCUT2D eigenvalue weighted by atomic mass is 10.2. The van der Waals surface area contributed by atoms with Crippen LogP contribution in [0.2, 0.25) is 0 Å². The summed E-state index contributed by atoms with van der Waals surface area (Å²) in [6.45, 7) is 0.820. The Morgan fingerprint density at radius 3 is 2.45 bits per heavy atom. The Kier molecular flexibility index (Phi) is 4.78. The molecule has 0 radical (unpaired) electrons. The summed E-state index contributed by atoms with van der Waals surface area (Å²) in [5, 5.41) is 11.8. The molecule has 116 valence electrons. The lowest BCUT2D eigenvalue weighted by Crippen LogP contribution is -2.33. The highest BCUT2D eigenvalue weighted by atomic mass is 19.1. The highest BCUT2D eigenvalue weighted by molar-refractivity contribution is 5.69. The van der Waals surface area contributed by atoms with Crippen molar-refractivity contribution in [1.82, 2.24) is 0 Å². The predicted octanol–water partition coefficient (Wildman–Crippen LogP) is 2.46. The number of aliphatic imine (C=N–C) groups is 1. The van der Waals surface area contributed by atoms with Gasteiger partial charge in [-0.25, -0.2) is 9.38 Å². The zero-order chi connectivity index (χ0) is 16.2. The molecular weight excluding hydrogens is 283 g/mol. The Balaban J connectivity index is 2.09. The molecule has 4 nitrogen and oxygen atoms in total. The van der Waals surface area contributed by atoms with E-state index in [4.69, 9.17) is 4.74 Å². The van der Waals surface area contributed by atoms with E-state index in [-0.39, 0.29) is 5.82 Å². The van der Waals surface area contributed by atoms with Gasteiger partial charge in [0.05, 0.1) is 26.8 Å². The van der Waals surface area contributed by atoms with Gasteiger partial charge in [0.15, 0.2) is 6.08 Å². The Bertz CT molecular complexity index is 661. The van der Waals surface area contributed by atoms with Crippen LogP contribution in [0.3, 0.4) is 0 Å². The van der Waals surface area contributed by atoms with Gasteiger partial charge >= 0.3 is 0 Å². The molecule has 0 aliphatic heterocycles. The maximum absolute atomic E-state index is 12.8. The van der Waals surface area contributed by atoms with Crippen LogP contribution in [-0.4, -0.2) is 31.7 Å². The van der Waals surface area contributed by atoms with Crippen LogP contribution in [-0.2, 0) is 6.54 Å². The zero-order valence-electron chi connectivity index (χ0n) is 12.9. The van der Waals surface area contributed by atoms with Gasteiger partial charge in [-0.15, -0.1) is 0 Å². The molecule has 2 aromatic carbocycles. The Labute approximate surface area is 129 Å². The molecule has 0 aliphatic rings. The van der Waals surface area contributed by atoms with E-state index in [0.717, 1.165) is 16.6 Å². The van der Waals surface area contributed by atoms with Crippen LogP contribution in [0.5, 0.6) is 5.75 Å². The van der Waals surface area contributed by atoms with Gasteiger partial charge in [0.2, 0.25) is 0 Å². The quantitative estimate of drug-likeness (QED) is 0.495. The molecule has 2 rings (SSSR count). The van der Waals surface area contributed by atoms with Crippen LogP contribution in [0.1, 0.15) is 5.56 Å². The van der Waals surface area contributed by atoms with E-state index >= 15 is 0 Å². The van der Waals surface area contributed by atoms with Crippen molar-refractivity contribution in [3.8, 4) is 5.75 Å². The number of hydrogen-bond donors (Lipinski definition) is 0. The topological polar surface area (TPSA) is 44.6 Å². The number of nitrogens with zero attached hydrogens (tertiary/aromatic N) is 2. The number of hydrogen-bond acceptors (Lipinski definition) is 3. The van der Waals surface area contributed by atoms with E-state index in [1.807, 2.05) is 18.2 Å². The van der Waals surface area contributed by atoms with Gasteiger partial charge in [-0.05, 0) is 36.4 Å². The normalized spacial score (nSPS) is 12.3. The molecule has 0 bridgehead atoms. The molecule has 5 heteroatoms. The van der Waals surface area contributed by atoms with Crippen LogP contribution in [0, 0.1) is 5.82 Å². The molecule has 0 atom stereocenters. The Morgan fingerprint density at radius 2 is 1.82 bits per heavy atom. The number of halogens is 1. The van der Waals surface area contributed by atoms with Crippen molar-refractivity contribution in [2.24, 2.45) is 4.99 Å². The summed E-state index contributed by atoms with van der Waals surface area (Å²) in [7, 11) is 6.26. The van der Waals surface area contributed by atoms with Crippen LogP contribution < -0.4 is 9.84 Å². The first-order valence-corrected chi connectivity index (χ1v) is 6.90. The largest absolute Gasteiger partial charge is 0.566 e. The van der Waals surface area contributed by atoms with Crippen molar-refractivity contribution in [3.05, 3.63) is 59.9 Å². The van der Waals surface area contributed by atoms with Crippen molar-refractivity contribution in [2.45, 2.75) is 6.54 Å². The van der Waals surface area contributed by atoms with Crippen LogP contribution in [0.25, 0.3) is 0 Å². The summed E-state index contributed by atoms with van der Waals surface area (Å²) < 4.78 is 18.8. The summed E-state index contributed by atoms with van der Waals surface area (Å²) in [4.78, 5) is 3.77. The maximum Gasteiger partial charge on any atom is 0.155 e. The van der Waals surface area contributed by atoms with Gasteiger partial charge in [-0.2, -0.15) is 0 Å². The lowest BCUT2D eigenvalue weighted by Gasteiger charge is -2.24. The molecule has 0 aliphatic carbocycles. The molecule has 0 aromatic heterocycles. The highest BCUT2D eigenvalue weighted by Gasteiger charge is 2.08. The summed E-state index contributed by atoms with van der Waals surface area (Å²) in [6.07, 6.45) is -0.728. The fraction of sp³-hybridized carbons (Fsp3) is 0.235. The molecular formula is C17H19FN2O2. The van der Waals surface area contributed by atoms with Gasteiger partial charge in [-0.3, -0.25) is 0 Å². The van der Waals surface area contributed by atoms with E-state index in [1.165, 1.54) is 24.3 Å². The minimum absolute atomic E-state index is 0.355. The standard InChI is InChI=1S/C17H19FN2O2/c1-20(2,3)12-13-5-4-6-16(11-13)22-17(21)19-15-9-7-14(18)8-10-15/h4-11H,12H2,1-3H3. The number of quaternary nitrogens is 1. The number of ether oxygens (including phenoxy) is 1. The number of rotatable bonds is 4. The molecule has 0 spiro atoms. The van der Waals surface area contributed by atoms with E-state index in [2.05, 4.69) is 26.1 Å². The molecule has 0 saturated carbocycles. The minimum atomic E-state index is -0.728. The third-order valence-electron chi connectivity index (χ3n) is 2.81. The van der Waals surface area contributed by atoms with E-state index in [1.54, 1.807) is 6.07 Å². The van der Waals surface area contributed by atoms with Gasteiger partial charge in [0, 0.05) is 11.3 Å². The molecule has 0 heterocycles. The first kappa shape index (κ1) is 16.0. The summed E-state index contributed by atoms with van der Waals surface area (Å²) in [6, 6.07) is 12.7. The molecule has 0 saturated heterocycles. The molecule has 0 unspecified atom stereocenters. The molecule has 0 N–H and O–H groups in total. The second-order valence-corrected chi connectivity index (χ2v) is 6.05. The van der Waals surface area contributed by atoms with E-state index < -0.39 is 6.08 Å². The molecule has 0 amide bonds. The van der Waals surface area contributed by atoms with Gasteiger partial charge in [0.25, 0.3) is 0 Å². The maximum atomic E-state index is 12.8. The fourth-order valence-corrected chi connectivity index (χ4v) is 2.00. The van der Waals surface area contributed by atoms with Crippen LogP contribution in [0.15, 0.2) is 53.5 Å². The Morgan fingerprint density at radius 1 is 1.14 bits per heavy atom. The summed E-state index contributed by atoms with van der Waals surface area (Å²) in [5.74, 6) is 0.0714. The minimum Gasteiger partial charge on any atom is -0.566 e. The van der Waals surface area contributed by atoms with Gasteiger partial charge in [0.1, 0.15) is 12.4 Å². The van der Waals surface area contributed by atoms with Crippen LogP contribution >= 0.6 is 0 Å². The monoisotopic (exact) mass is 302 g/mol. The van der Waals surface area contributed by atoms with Crippen molar-refractivity contribution in [1.29, 1.82) is 0 Å². The SMILES string of the molecule is C[N+](C)(C)Cc1cccc(OC([O-])=Nc2ccc(F)cc2)c1. The summed E-state index contributed by atoms with van der Waals surface area (Å²) in [5.41, 5.74) is 1.42. The fourth-order valence-electron chi connectivity index (χ4n) is 2.00. The lowest BCUT2D eigenvalue weighted by molar-refractivity contribution is -0.884. The Hall–Kier alpha value is -2.40. The zero-order valence-corrected chi connectivity index (χ0v) is 12.9. The smallest absolute Gasteiger partial charge is 0.155 e. The first-order chi connectivity index (χ1) is 10.3. The van der Waals surface area contributed by atoms with Crippen LogP contribution in [0.4, 0.5) is 10.1 Å².